The minimum atomic E-state index is -0.329. The summed E-state index contributed by atoms with van der Waals surface area (Å²) in [6.07, 6.45) is 2.45. The Morgan fingerprint density at radius 2 is 1.35 bits per heavy atom. The first-order valence-corrected chi connectivity index (χ1v) is 12.4. The summed E-state index contributed by atoms with van der Waals surface area (Å²) >= 11 is 23.9. The lowest BCUT2D eigenvalue weighted by atomic mass is 9.62. The largest absolute Gasteiger partial charge is 0.337 e. The average molecular weight is 546 g/mol. The van der Waals surface area contributed by atoms with Gasteiger partial charge in [-0.3, -0.25) is 0 Å². The lowest BCUT2D eigenvalue weighted by molar-refractivity contribution is 0.0761. The van der Waals surface area contributed by atoms with Crippen LogP contribution in [0.15, 0.2) is 36.4 Å². The fourth-order valence-corrected chi connectivity index (χ4v) is 5.44. The second kappa shape index (κ2) is 10.8. The number of urea groups is 2. The summed E-state index contributed by atoms with van der Waals surface area (Å²) in [5, 5.41) is 13.2. The standard InChI is InChI=1S/C24H28Cl4N4O2/c1-23(2)10-16(32-22(34)31-15-5-7-18(26)20(28)9-15)11-24(3,12-23)13-29-21(33)30-14-4-6-17(25)19(27)8-14/h4-9,16H,10-13H2,1-3H3,(H2,29,30,33)(H2,31,32,34)/t16-,24-/m0/s1. The molecule has 0 spiro atoms. The number of hydrogen-bond acceptors (Lipinski definition) is 2. The monoisotopic (exact) mass is 544 g/mol. The van der Waals surface area contributed by atoms with E-state index in [-0.39, 0.29) is 28.9 Å². The highest BCUT2D eigenvalue weighted by molar-refractivity contribution is 6.42. The van der Waals surface area contributed by atoms with Crippen LogP contribution in [0.2, 0.25) is 20.1 Å². The SMILES string of the molecule is CC1(C)C[C@H](NC(=O)Nc2ccc(Cl)c(Cl)c2)C[C@](C)(CNC(=O)Nc2ccc(Cl)c(Cl)c2)C1. The third-order valence-corrected chi connectivity index (χ3v) is 7.29. The highest BCUT2D eigenvalue weighted by Gasteiger charge is 2.41. The Bertz CT molecular complexity index is 1080. The number of anilines is 2. The van der Waals surface area contributed by atoms with Gasteiger partial charge in [0.25, 0.3) is 0 Å². The van der Waals surface area contributed by atoms with E-state index in [1.807, 2.05) is 0 Å². The Labute approximate surface area is 220 Å². The first-order valence-electron chi connectivity index (χ1n) is 10.9. The predicted octanol–water partition coefficient (Wildman–Crippen LogP) is 7.83. The van der Waals surface area contributed by atoms with Gasteiger partial charge in [0.1, 0.15) is 0 Å². The van der Waals surface area contributed by atoms with Gasteiger partial charge in [0.05, 0.1) is 20.1 Å². The van der Waals surface area contributed by atoms with E-state index in [0.29, 0.717) is 38.0 Å². The third-order valence-electron chi connectivity index (χ3n) is 5.81. The van der Waals surface area contributed by atoms with Gasteiger partial charge in [-0.15, -0.1) is 0 Å². The summed E-state index contributed by atoms with van der Waals surface area (Å²) in [6, 6.07) is 9.15. The molecule has 0 unspecified atom stereocenters. The van der Waals surface area contributed by atoms with Crippen LogP contribution in [0.1, 0.15) is 40.0 Å². The maximum Gasteiger partial charge on any atom is 0.319 e. The molecule has 3 rings (SSSR count). The number of carbonyl (C=O) groups is 2. The van der Waals surface area contributed by atoms with Crippen molar-refractivity contribution in [1.82, 2.24) is 10.6 Å². The van der Waals surface area contributed by atoms with Crippen LogP contribution >= 0.6 is 46.4 Å². The first kappa shape index (κ1) is 26.7. The molecule has 0 bridgehead atoms. The van der Waals surface area contributed by atoms with Crippen molar-refractivity contribution >= 4 is 69.8 Å². The summed E-state index contributed by atoms with van der Waals surface area (Å²) in [6.45, 7) is 6.92. The molecule has 4 amide bonds. The summed E-state index contributed by atoms with van der Waals surface area (Å²) in [5.74, 6) is 0. The number of hydrogen-bond donors (Lipinski definition) is 4. The molecule has 1 fully saturated rings. The van der Waals surface area contributed by atoms with Gasteiger partial charge in [-0.25, -0.2) is 9.59 Å². The molecule has 0 heterocycles. The van der Waals surface area contributed by atoms with Crippen LogP contribution in [0.5, 0.6) is 0 Å². The molecule has 4 N–H and O–H groups in total. The van der Waals surface area contributed by atoms with Crippen LogP contribution in [0.3, 0.4) is 0 Å². The van der Waals surface area contributed by atoms with Gasteiger partial charge in [0.15, 0.2) is 0 Å². The summed E-state index contributed by atoms with van der Waals surface area (Å²) in [5.41, 5.74) is 0.888. The van der Waals surface area contributed by atoms with Crippen LogP contribution in [-0.2, 0) is 0 Å². The zero-order chi connectivity index (χ0) is 25.1. The van der Waals surface area contributed by atoms with Crippen LogP contribution in [-0.4, -0.2) is 24.6 Å². The molecule has 0 saturated heterocycles. The molecule has 6 nitrogen and oxygen atoms in total. The summed E-state index contributed by atoms with van der Waals surface area (Å²) in [7, 11) is 0. The molecule has 2 atom stereocenters. The fourth-order valence-electron chi connectivity index (χ4n) is 4.84. The summed E-state index contributed by atoms with van der Waals surface area (Å²) < 4.78 is 0. The van der Waals surface area contributed by atoms with Gasteiger partial charge in [-0.2, -0.15) is 0 Å². The van der Waals surface area contributed by atoms with Crippen molar-refractivity contribution in [2.45, 2.75) is 46.1 Å². The lowest BCUT2D eigenvalue weighted by Gasteiger charge is -2.46. The van der Waals surface area contributed by atoms with Gasteiger partial charge in [-0.1, -0.05) is 67.2 Å². The number of benzene rings is 2. The highest BCUT2D eigenvalue weighted by atomic mass is 35.5. The normalized spacial score (nSPS) is 21.4. The number of rotatable bonds is 5. The molecule has 10 heteroatoms. The van der Waals surface area contributed by atoms with Crippen molar-refractivity contribution < 1.29 is 9.59 Å². The van der Waals surface area contributed by atoms with E-state index < -0.39 is 0 Å². The predicted molar refractivity (Wildman–Crippen MR) is 142 cm³/mol. The van der Waals surface area contributed by atoms with Crippen molar-refractivity contribution in [2.75, 3.05) is 17.2 Å². The molecule has 1 saturated carbocycles. The first-order chi connectivity index (χ1) is 15.8. The van der Waals surface area contributed by atoms with Crippen molar-refractivity contribution in [3.05, 3.63) is 56.5 Å². The van der Waals surface area contributed by atoms with Crippen molar-refractivity contribution in [3.63, 3.8) is 0 Å². The Hall–Kier alpha value is -1.86. The van der Waals surface area contributed by atoms with E-state index in [9.17, 15) is 9.59 Å². The lowest BCUT2D eigenvalue weighted by Crippen LogP contribution is -2.51. The van der Waals surface area contributed by atoms with Crippen molar-refractivity contribution in [2.24, 2.45) is 10.8 Å². The molecule has 0 aliphatic heterocycles. The molecule has 184 valence electrons. The number of nitrogens with one attached hydrogen (secondary N) is 4. The molecule has 0 aromatic heterocycles. The molecular formula is C24H28Cl4N4O2. The van der Waals surface area contributed by atoms with E-state index in [2.05, 4.69) is 42.0 Å². The van der Waals surface area contributed by atoms with Gasteiger partial charge in [0, 0.05) is 24.0 Å². The van der Waals surface area contributed by atoms with E-state index >= 15 is 0 Å². The van der Waals surface area contributed by atoms with Gasteiger partial charge < -0.3 is 21.3 Å². The molecule has 1 aliphatic carbocycles. The van der Waals surface area contributed by atoms with Crippen LogP contribution in [0.4, 0.5) is 21.0 Å². The second-order valence-corrected chi connectivity index (χ2v) is 11.5. The van der Waals surface area contributed by atoms with Gasteiger partial charge in [0.2, 0.25) is 0 Å². The molecular weight excluding hydrogens is 518 g/mol. The number of amides is 4. The molecule has 2 aromatic rings. The van der Waals surface area contributed by atoms with E-state index in [1.165, 1.54) is 0 Å². The zero-order valence-corrected chi connectivity index (χ0v) is 22.2. The Balaban J connectivity index is 1.58. The number of carbonyl (C=O) groups excluding carboxylic acids is 2. The smallest absolute Gasteiger partial charge is 0.319 e. The molecule has 0 radical (unpaired) electrons. The van der Waals surface area contributed by atoms with Crippen LogP contribution in [0, 0.1) is 10.8 Å². The molecule has 1 aliphatic rings. The van der Waals surface area contributed by atoms with Crippen molar-refractivity contribution in [3.8, 4) is 0 Å². The fraction of sp³-hybridized carbons (Fsp3) is 0.417. The Morgan fingerprint density at radius 3 is 1.88 bits per heavy atom. The second-order valence-electron chi connectivity index (χ2n) is 9.92. The van der Waals surface area contributed by atoms with E-state index in [1.54, 1.807) is 36.4 Å². The molecule has 34 heavy (non-hydrogen) atoms. The molecule has 2 aromatic carbocycles. The van der Waals surface area contributed by atoms with Crippen LogP contribution in [0.25, 0.3) is 0 Å². The summed E-state index contributed by atoms with van der Waals surface area (Å²) in [4.78, 5) is 25.1. The van der Waals surface area contributed by atoms with Crippen LogP contribution < -0.4 is 21.3 Å². The minimum absolute atomic E-state index is 0.0175. The third kappa shape index (κ3) is 7.57. The van der Waals surface area contributed by atoms with E-state index in [0.717, 1.165) is 19.3 Å². The van der Waals surface area contributed by atoms with Gasteiger partial charge in [-0.05, 0) is 66.5 Å². The Morgan fingerprint density at radius 1 is 0.824 bits per heavy atom. The van der Waals surface area contributed by atoms with Crippen molar-refractivity contribution in [1.29, 1.82) is 0 Å². The quantitative estimate of drug-likeness (QED) is 0.308. The highest BCUT2D eigenvalue weighted by Crippen LogP contribution is 2.45. The Kier molecular flexibility index (Phi) is 8.51. The van der Waals surface area contributed by atoms with E-state index in [4.69, 9.17) is 46.4 Å². The topological polar surface area (TPSA) is 82.3 Å². The van der Waals surface area contributed by atoms with Gasteiger partial charge >= 0.3 is 12.1 Å². The maximum atomic E-state index is 12.6. The zero-order valence-electron chi connectivity index (χ0n) is 19.2. The minimum Gasteiger partial charge on any atom is -0.337 e. The maximum absolute atomic E-state index is 12.6. The average Bonchev–Trinajstić information content (AvgIpc) is 2.70. The number of halogens is 4.